The van der Waals surface area contributed by atoms with Gasteiger partial charge in [0.25, 0.3) is 0 Å². The van der Waals surface area contributed by atoms with Gasteiger partial charge in [0.15, 0.2) is 0 Å². The summed E-state index contributed by atoms with van der Waals surface area (Å²) >= 11 is 3.18. The Morgan fingerprint density at radius 3 is 1.89 bits per heavy atom. The smallest absolute Gasteiger partial charge is 0.333 e. The fourth-order valence-corrected chi connectivity index (χ4v) is 1.80. The number of nitrogens with two attached hydrogens (primary N) is 4. The molecule has 104 valence electrons. The van der Waals surface area contributed by atoms with Crippen LogP contribution in [-0.2, 0) is 6.61 Å². The lowest BCUT2D eigenvalue weighted by Gasteiger charge is -2.23. The molecule has 0 heterocycles. The van der Waals surface area contributed by atoms with E-state index in [0.717, 1.165) is 0 Å². The quantitative estimate of drug-likeness (QED) is 0.284. The van der Waals surface area contributed by atoms with Gasteiger partial charge < -0.3 is 16.6 Å². The van der Waals surface area contributed by atoms with Crippen LogP contribution in [0.5, 0.6) is 0 Å². The molecule has 9 nitrogen and oxygen atoms in total. The van der Waals surface area contributed by atoms with Gasteiger partial charge in [0.2, 0.25) is 0 Å². The number of hydrogen-bond donors (Lipinski definition) is 5. The monoisotopic (exact) mass is 332 g/mol. The molecule has 0 saturated heterocycles. The van der Waals surface area contributed by atoms with Gasteiger partial charge in [-0.25, -0.2) is 31.3 Å². The molecule has 0 aromatic heterocycles. The Morgan fingerprint density at radius 2 is 1.53 bits per heavy atom. The summed E-state index contributed by atoms with van der Waals surface area (Å²) < 4.78 is 0.461. The molecule has 0 aliphatic carbocycles. The highest BCUT2D eigenvalue weighted by Crippen LogP contribution is 2.33. The van der Waals surface area contributed by atoms with Gasteiger partial charge in [0.1, 0.15) is 0 Å². The van der Waals surface area contributed by atoms with E-state index in [1.165, 1.54) is 12.1 Å². The van der Waals surface area contributed by atoms with Crippen LogP contribution in [0.15, 0.2) is 16.6 Å². The van der Waals surface area contributed by atoms with E-state index < -0.39 is 12.1 Å². The topological polar surface area (TPSA) is 165 Å². The first-order chi connectivity index (χ1) is 8.79. The summed E-state index contributed by atoms with van der Waals surface area (Å²) in [6, 6.07) is 0.814. The van der Waals surface area contributed by atoms with E-state index in [1.807, 2.05) is 0 Å². The van der Waals surface area contributed by atoms with Crippen LogP contribution >= 0.6 is 15.9 Å². The van der Waals surface area contributed by atoms with Crippen LogP contribution in [0.4, 0.5) is 21.0 Å². The van der Waals surface area contributed by atoms with Gasteiger partial charge in [0, 0.05) is 4.47 Å². The number of hydrazine groups is 2. The third-order valence-electron chi connectivity index (χ3n) is 2.31. The normalized spacial score (nSPS) is 10.1. The second-order valence-corrected chi connectivity index (χ2v) is 4.36. The van der Waals surface area contributed by atoms with E-state index in [1.54, 1.807) is 0 Å². The van der Waals surface area contributed by atoms with Gasteiger partial charge in [-0.1, -0.05) is 15.9 Å². The lowest BCUT2D eigenvalue weighted by atomic mass is 10.1. The van der Waals surface area contributed by atoms with Crippen molar-refractivity contribution >= 4 is 39.4 Å². The molecular weight excluding hydrogens is 320 g/mol. The molecule has 0 unspecified atom stereocenters. The summed E-state index contributed by atoms with van der Waals surface area (Å²) in [5, 5.41) is 10.3. The number of aliphatic hydroxyl groups is 1. The van der Waals surface area contributed by atoms with E-state index >= 15 is 0 Å². The summed E-state index contributed by atoms with van der Waals surface area (Å²) in [5.74, 6) is 11.0. The van der Waals surface area contributed by atoms with E-state index in [4.69, 9.17) is 28.3 Å². The van der Waals surface area contributed by atoms with E-state index in [9.17, 15) is 9.59 Å². The van der Waals surface area contributed by atoms with Crippen molar-refractivity contribution in [3.63, 3.8) is 0 Å². The molecular formula is C9H13BrN6O3. The molecule has 0 saturated carbocycles. The Labute approximate surface area is 116 Å². The molecule has 0 spiro atoms. The Morgan fingerprint density at radius 1 is 1.11 bits per heavy atom. The number of carbonyl (C=O) groups excluding carboxylic acids is 2. The van der Waals surface area contributed by atoms with Crippen molar-refractivity contribution in [2.24, 2.45) is 23.2 Å². The van der Waals surface area contributed by atoms with Gasteiger partial charge in [-0.2, -0.15) is 0 Å². The Balaban J connectivity index is 3.46. The van der Waals surface area contributed by atoms with E-state index in [0.29, 0.717) is 20.1 Å². The third-order valence-corrected chi connectivity index (χ3v) is 3.05. The highest BCUT2D eigenvalue weighted by atomic mass is 79.9. The fraction of sp³-hybridized carbons (Fsp3) is 0.111. The second kappa shape index (κ2) is 5.84. The first-order valence-electron chi connectivity index (χ1n) is 4.91. The molecule has 0 fully saturated rings. The number of rotatable bonds is 3. The first-order valence-corrected chi connectivity index (χ1v) is 5.70. The molecule has 1 rings (SSSR count). The summed E-state index contributed by atoms with van der Waals surface area (Å²) in [6.07, 6.45) is 0. The number of hydrogen-bond acceptors (Lipinski definition) is 5. The number of urea groups is 2. The Bertz CT molecular complexity index is 523. The van der Waals surface area contributed by atoms with Gasteiger partial charge in [0.05, 0.1) is 18.0 Å². The summed E-state index contributed by atoms with van der Waals surface area (Å²) in [7, 11) is 0. The zero-order chi connectivity index (χ0) is 14.7. The van der Waals surface area contributed by atoms with Gasteiger partial charge in [-0.15, -0.1) is 0 Å². The zero-order valence-electron chi connectivity index (χ0n) is 9.71. The maximum atomic E-state index is 11.1. The Kier molecular flexibility index (Phi) is 4.67. The molecule has 1 aromatic carbocycles. The number of primary amides is 2. The lowest BCUT2D eigenvalue weighted by Crippen LogP contribution is -2.46. The molecule has 0 aliphatic rings. The SMILES string of the molecule is NC(=O)N(N)c1cc(Br)c(CO)cc1N(N)C(N)=O. The number of aliphatic hydroxyl groups excluding tert-OH is 1. The standard InChI is InChI=1S/C9H13BrN6O3/c10-5-2-7(16(14)9(12)19)6(1-4(5)3-17)15(13)8(11)18/h1-2,17H,3,13-14H2,(H2,11,18)(H2,12,19). The zero-order valence-corrected chi connectivity index (χ0v) is 11.3. The molecule has 1 aromatic rings. The van der Waals surface area contributed by atoms with Crippen molar-refractivity contribution in [1.29, 1.82) is 0 Å². The third kappa shape index (κ3) is 3.12. The average molecular weight is 333 g/mol. The molecule has 19 heavy (non-hydrogen) atoms. The summed E-state index contributed by atoms with van der Waals surface area (Å²) in [5.41, 5.74) is 10.6. The van der Waals surface area contributed by atoms with Gasteiger partial charge in [-0.3, -0.25) is 0 Å². The highest BCUT2D eigenvalue weighted by Gasteiger charge is 2.20. The number of halogens is 1. The van der Waals surface area contributed by atoms with Crippen LogP contribution in [0.3, 0.4) is 0 Å². The lowest BCUT2D eigenvalue weighted by molar-refractivity contribution is 0.252. The van der Waals surface area contributed by atoms with Crippen molar-refractivity contribution in [3.8, 4) is 0 Å². The second-order valence-electron chi connectivity index (χ2n) is 3.51. The summed E-state index contributed by atoms with van der Waals surface area (Å²) in [4.78, 5) is 22.2. The van der Waals surface area contributed by atoms with Crippen LogP contribution in [0.1, 0.15) is 5.56 Å². The van der Waals surface area contributed by atoms with Crippen LogP contribution in [0, 0.1) is 0 Å². The van der Waals surface area contributed by atoms with Crippen LogP contribution in [0.2, 0.25) is 0 Å². The van der Waals surface area contributed by atoms with Crippen molar-refractivity contribution in [2.75, 3.05) is 10.0 Å². The molecule has 0 aliphatic heterocycles. The highest BCUT2D eigenvalue weighted by molar-refractivity contribution is 9.10. The molecule has 0 bridgehead atoms. The van der Waals surface area contributed by atoms with Gasteiger partial charge >= 0.3 is 12.1 Å². The molecule has 0 radical (unpaired) electrons. The minimum Gasteiger partial charge on any atom is -0.392 e. The molecule has 9 N–H and O–H groups in total. The van der Waals surface area contributed by atoms with Crippen LogP contribution in [-0.4, -0.2) is 17.2 Å². The maximum absolute atomic E-state index is 11.1. The van der Waals surface area contributed by atoms with Crippen molar-refractivity contribution < 1.29 is 14.7 Å². The van der Waals surface area contributed by atoms with Crippen molar-refractivity contribution in [1.82, 2.24) is 0 Å². The van der Waals surface area contributed by atoms with Crippen LogP contribution in [0.25, 0.3) is 0 Å². The molecule has 10 heteroatoms. The number of nitrogens with zero attached hydrogens (tertiary/aromatic N) is 2. The number of amides is 4. The minimum atomic E-state index is -0.967. The minimum absolute atomic E-state index is 0.0288. The molecule has 4 amide bonds. The number of anilines is 2. The number of carbonyl (C=O) groups is 2. The summed E-state index contributed by atoms with van der Waals surface area (Å²) in [6.45, 7) is -0.318. The molecule has 0 atom stereocenters. The largest absolute Gasteiger partial charge is 0.392 e. The Hall–Kier alpha value is -1.88. The fourth-order valence-electron chi connectivity index (χ4n) is 1.34. The maximum Gasteiger partial charge on any atom is 0.333 e. The average Bonchev–Trinajstić information content (AvgIpc) is 2.36. The van der Waals surface area contributed by atoms with E-state index in [2.05, 4.69) is 15.9 Å². The first kappa shape index (κ1) is 15.2. The van der Waals surface area contributed by atoms with Crippen molar-refractivity contribution in [3.05, 3.63) is 22.2 Å². The number of benzene rings is 1. The van der Waals surface area contributed by atoms with Gasteiger partial charge in [-0.05, 0) is 17.7 Å². The van der Waals surface area contributed by atoms with Crippen molar-refractivity contribution in [2.45, 2.75) is 6.61 Å². The predicted molar refractivity (Wildman–Crippen MR) is 72.6 cm³/mol. The van der Waals surface area contributed by atoms with Crippen LogP contribution < -0.4 is 33.2 Å². The predicted octanol–water partition coefficient (Wildman–Crippen LogP) is -0.541. The van der Waals surface area contributed by atoms with E-state index in [-0.39, 0.29) is 18.0 Å².